The van der Waals surface area contributed by atoms with E-state index in [2.05, 4.69) is 12.2 Å². The largest absolute Gasteiger partial charge is 0.494 e. The maximum absolute atomic E-state index is 13.1. The summed E-state index contributed by atoms with van der Waals surface area (Å²) in [5, 5.41) is 3.62. The summed E-state index contributed by atoms with van der Waals surface area (Å²) in [5.74, 6) is 0.637. The molecule has 0 aliphatic carbocycles. The van der Waals surface area contributed by atoms with Crippen LogP contribution in [0, 0.1) is 0 Å². The summed E-state index contributed by atoms with van der Waals surface area (Å²) >= 11 is 6.00. The fourth-order valence-corrected chi connectivity index (χ4v) is 3.41. The van der Waals surface area contributed by atoms with Crippen molar-refractivity contribution in [2.24, 2.45) is 0 Å². The summed E-state index contributed by atoms with van der Waals surface area (Å²) in [6.07, 6.45) is 3.38. The molecule has 168 valence electrons. The molecule has 0 saturated heterocycles. The van der Waals surface area contributed by atoms with Gasteiger partial charge < -0.3 is 15.0 Å². The molecule has 0 fully saturated rings. The lowest BCUT2D eigenvalue weighted by Crippen LogP contribution is -2.49. The van der Waals surface area contributed by atoms with Crippen LogP contribution in [0.2, 0.25) is 5.02 Å². The van der Waals surface area contributed by atoms with E-state index in [0.29, 0.717) is 44.0 Å². The van der Waals surface area contributed by atoms with Gasteiger partial charge in [-0.15, -0.1) is 0 Å². The summed E-state index contributed by atoms with van der Waals surface area (Å²) < 4.78 is 5.70. The highest BCUT2D eigenvalue weighted by Gasteiger charge is 2.28. The molecule has 0 aliphatic heterocycles. The fourth-order valence-electron chi connectivity index (χ4n) is 3.29. The Labute approximate surface area is 190 Å². The summed E-state index contributed by atoms with van der Waals surface area (Å²) in [6, 6.07) is 16.4. The van der Waals surface area contributed by atoms with Gasteiger partial charge in [-0.05, 0) is 49.1 Å². The third kappa shape index (κ3) is 8.62. The van der Waals surface area contributed by atoms with Crippen LogP contribution in [0.1, 0.15) is 51.5 Å². The highest BCUT2D eigenvalue weighted by atomic mass is 35.5. The van der Waals surface area contributed by atoms with E-state index in [1.54, 1.807) is 17.0 Å². The van der Waals surface area contributed by atoms with Crippen LogP contribution in [0.5, 0.6) is 5.75 Å². The second-order valence-electron chi connectivity index (χ2n) is 7.48. The first-order valence-electron chi connectivity index (χ1n) is 11.0. The molecule has 6 heteroatoms. The van der Waals surface area contributed by atoms with E-state index in [1.807, 2.05) is 49.4 Å². The van der Waals surface area contributed by atoms with Crippen molar-refractivity contribution in [3.8, 4) is 5.75 Å². The van der Waals surface area contributed by atoms with Crippen molar-refractivity contribution in [3.05, 3.63) is 65.2 Å². The number of amides is 2. The molecule has 2 amide bonds. The number of carbonyl (C=O) groups is 2. The van der Waals surface area contributed by atoms with Crippen LogP contribution >= 0.6 is 11.6 Å². The molecule has 0 saturated carbocycles. The number of nitrogens with one attached hydrogen (secondary N) is 1. The number of hydrogen-bond donors (Lipinski definition) is 1. The molecule has 31 heavy (non-hydrogen) atoms. The van der Waals surface area contributed by atoms with E-state index < -0.39 is 6.04 Å². The van der Waals surface area contributed by atoms with Gasteiger partial charge in [0.1, 0.15) is 11.8 Å². The normalized spacial score (nSPS) is 11.6. The highest BCUT2D eigenvalue weighted by Crippen LogP contribution is 2.17. The van der Waals surface area contributed by atoms with Gasteiger partial charge in [0.15, 0.2) is 0 Å². The quantitative estimate of drug-likeness (QED) is 0.431. The smallest absolute Gasteiger partial charge is 0.242 e. The van der Waals surface area contributed by atoms with Crippen LogP contribution in [0.25, 0.3) is 0 Å². The molecule has 0 aromatic heterocycles. The number of para-hydroxylation sites is 1. The first-order valence-corrected chi connectivity index (χ1v) is 11.4. The highest BCUT2D eigenvalue weighted by molar-refractivity contribution is 6.30. The van der Waals surface area contributed by atoms with Crippen LogP contribution in [0.3, 0.4) is 0 Å². The fraction of sp³-hybridized carbons (Fsp3) is 0.440. The number of ether oxygens (including phenoxy) is 1. The Hall–Kier alpha value is -2.53. The molecular weight excluding hydrogens is 412 g/mol. The molecule has 0 aliphatic rings. The van der Waals surface area contributed by atoms with E-state index in [0.717, 1.165) is 24.2 Å². The molecule has 0 spiro atoms. The Morgan fingerprint density at radius 3 is 2.39 bits per heavy atom. The third-order valence-electron chi connectivity index (χ3n) is 5.03. The van der Waals surface area contributed by atoms with Crippen molar-refractivity contribution in [2.45, 2.75) is 58.5 Å². The van der Waals surface area contributed by atoms with Crippen LogP contribution in [0.15, 0.2) is 54.6 Å². The van der Waals surface area contributed by atoms with Gasteiger partial charge >= 0.3 is 0 Å². The Bertz CT molecular complexity index is 796. The minimum Gasteiger partial charge on any atom is -0.494 e. The number of nitrogens with zero attached hydrogens (tertiary/aromatic N) is 1. The lowest BCUT2D eigenvalue weighted by molar-refractivity contribution is -0.141. The van der Waals surface area contributed by atoms with Crippen molar-refractivity contribution in [2.75, 3.05) is 13.2 Å². The topological polar surface area (TPSA) is 58.6 Å². The van der Waals surface area contributed by atoms with Crippen molar-refractivity contribution in [1.29, 1.82) is 0 Å². The van der Waals surface area contributed by atoms with Crippen molar-refractivity contribution >= 4 is 23.4 Å². The molecule has 2 rings (SSSR count). The summed E-state index contributed by atoms with van der Waals surface area (Å²) in [4.78, 5) is 27.6. The molecule has 2 aromatic rings. The average molecular weight is 445 g/mol. The van der Waals surface area contributed by atoms with Gasteiger partial charge in [0.05, 0.1) is 6.61 Å². The third-order valence-corrected chi connectivity index (χ3v) is 5.28. The van der Waals surface area contributed by atoms with E-state index in [4.69, 9.17) is 16.3 Å². The van der Waals surface area contributed by atoms with Gasteiger partial charge in [0.25, 0.3) is 0 Å². The second-order valence-corrected chi connectivity index (χ2v) is 7.92. The summed E-state index contributed by atoms with van der Waals surface area (Å²) in [6.45, 7) is 5.46. The van der Waals surface area contributed by atoms with Gasteiger partial charge in [0.2, 0.25) is 11.8 Å². The number of benzene rings is 2. The van der Waals surface area contributed by atoms with Gasteiger partial charge in [-0.1, -0.05) is 62.2 Å². The standard InChI is InChI=1S/C25H33ClN2O3/c1-3-5-17-27-25(30)23(4-2)28(19-20-13-15-21(26)16-14-20)24(29)12-9-18-31-22-10-7-6-8-11-22/h6-8,10-11,13-16,23H,3-5,9,12,17-19H2,1-2H3,(H,27,30)/t23-/m0/s1. The minimum atomic E-state index is -0.505. The molecule has 5 nitrogen and oxygen atoms in total. The Balaban J connectivity index is 2.02. The summed E-state index contributed by atoms with van der Waals surface area (Å²) in [5.41, 5.74) is 0.943. The van der Waals surface area contributed by atoms with E-state index in [1.165, 1.54) is 0 Å². The van der Waals surface area contributed by atoms with Crippen molar-refractivity contribution in [3.63, 3.8) is 0 Å². The molecule has 2 aromatic carbocycles. The first-order chi connectivity index (χ1) is 15.0. The zero-order valence-electron chi connectivity index (χ0n) is 18.5. The van der Waals surface area contributed by atoms with Crippen LogP contribution in [-0.2, 0) is 16.1 Å². The van der Waals surface area contributed by atoms with Crippen LogP contribution < -0.4 is 10.1 Å². The molecule has 1 N–H and O–H groups in total. The molecule has 0 unspecified atom stereocenters. The number of rotatable bonds is 13. The van der Waals surface area contributed by atoms with E-state index in [9.17, 15) is 9.59 Å². The van der Waals surface area contributed by atoms with Gasteiger partial charge in [-0.3, -0.25) is 9.59 Å². The SMILES string of the molecule is CCCCNC(=O)[C@H](CC)N(Cc1ccc(Cl)cc1)C(=O)CCCOc1ccccc1. The minimum absolute atomic E-state index is 0.0518. The van der Waals surface area contributed by atoms with Crippen LogP contribution in [0.4, 0.5) is 0 Å². The Morgan fingerprint density at radius 2 is 1.74 bits per heavy atom. The lowest BCUT2D eigenvalue weighted by Gasteiger charge is -2.30. The monoisotopic (exact) mass is 444 g/mol. The maximum atomic E-state index is 13.1. The zero-order chi connectivity index (χ0) is 22.5. The average Bonchev–Trinajstić information content (AvgIpc) is 2.78. The first kappa shape index (κ1) is 24.7. The Morgan fingerprint density at radius 1 is 1.03 bits per heavy atom. The lowest BCUT2D eigenvalue weighted by atomic mass is 10.1. The summed E-state index contributed by atoms with van der Waals surface area (Å²) in [7, 11) is 0. The Kier molecular flexibility index (Phi) is 10.9. The van der Waals surface area contributed by atoms with Crippen LogP contribution in [-0.4, -0.2) is 35.9 Å². The molecule has 0 heterocycles. The molecular formula is C25H33ClN2O3. The van der Waals surface area contributed by atoms with Crippen molar-refractivity contribution in [1.82, 2.24) is 10.2 Å². The predicted octanol–water partition coefficient (Wildman–Crippen LogP) is 5.22. The number of halogens is 1. The van der Waals surface area contributed by atoms with Crippen molar-refractivity contribution < 1.29 is 14.3 Å². The van der Waals surface area contributed by atoms with E-state index >= 15 is 0 Å². The second kappa shape index (κ2) is 13.7. The molecule has 0 radical (unpaired) electrons. The number of unbranched alkanes of at least 4 members (excludes halogenated alkanes) is 1. The zero-order valence-corrected chi connectivity index (χ0v) is 19.2. The number of carbonyl (C=O) groups excluding carboxylic acids is 2. The van der Waals surface area contributed by atoms with Gasteiger partial charge in [-0.25, -0.2) is 0 Å². The molecule has 0 bridgehead atoms. The van der Waals surface area contributed by atoms with Gasteiger partial charge in [0, 0.05) is 24.5 Å². The van der Waals surface area contributed by atoms with Gasteiger partial charge in [-0.2, -0.15) is 0 Å². The maximum Gasteiger partial charge on any atom is 0.242 e. The molecule has 1 atom stereocenters. The predicted molar refractivity (Wildman–Crippen MR) is 125 cm³/mol. The number of hydrogen-bond acceptors (Lipinski definition) is 3. The van der Waals surface area contributed by atoms with E-state index in [-0.39, 0.29) is 11.8 Å².